The van der Waals surface area contributed by atoms with Gasteiger partial charge in [-0.05, 0) is 49.5 Å². The largest absolute Gasteiger partial charge is 0.497 e. The molecule has 2 rings (SSSR count). The SMILES string of the molecule is COc1cccc(CN(CC(C)C)C2CCNCC2)c1. The van der Waals surface area contributed by atoms with Gasteiger partial charge in [-0.25, -0.2) is 0 Å². The van der Waals surface area contributed by atoms with E-state index in [4.69, 9.17) is 4.74 Å². The van der Waals surface area contributed by atoms with Gasteiger partial charge in [0, 0.05) is 19.1 Å². The third-order valence-electron chi connectivity index (χ3n) is 3.94. The number of piperidine rings is 1. The van der Waals surface area contributed by atoms with E-state index in [2.05, 4.69) is 42.3 Å². The second-order valence-electron chi connectivity index (χ2n) is 6.16. The van der Waals surface area contributed by atoms with E-state index in [9.17, 15) is 0 Å². The van der Waals surface area contributed by atoms with Crippen molar-refractivity contribution in [1.82, 2.24) is 10.2 Å². The molecule has 0 unspecified atom stereocenters. The lowest BCUT2D eigenvalue weighted by molar-refractivity contribution is 0.137. The van der Waals surface area contributed by atoms with Crippen LogP contribution in [0.1, 0.15) is 32.3 Å². The van der Waals surface area contributed by atoms with E-state index < -0.39 is 0 Å². The minimum atomic E-state index is 0.704. The van der Waals surface area contributed by atoms with Crippen LogP contribution in [0.5, 0.6) is 5.75 Å². The summed E-state index contributed by atoms with van der Waals surface area (Å²) in [5.41, 5.74) is 1.35. The second-order valence-corrected chi connectivity index (χ2v) is 6.16. The van der Waals surface area contributed by atoms with E-state index in [-0.39, 0.29) is 0 Å². The van der Waals surface area contributed by atoms with Crippen LogP contribution in [0, 0.1) is 5.92 Å². The quantitative estimate of drug-likeness (QED) is 0.864. The molecule has 0 aromatic heterocycles. The molecule has 1 aliphatic heterocycles. The Balaban J connectivity index is 2.05. The van der Waals surface area contributed by atoms with Crippen LogP contribution < -0.4 is 10.1 Å². The van der Waals surface area contributed by atoms with Crippen LogP contribution in [-0.4, -0.2) is 37.7 Å². The van der Waals surface area contributed by atoms with Crippen molar-refractivity contribution < 1.29 is 4.74 Å². The number of ether oxygens (including phenoxy) is 1. The molecule has 3 nitrogen and oxygen atoms in total. The summed E-state index contributed by atoms with van der Waals surface area (Å²) in [6.45, 7) is 9.11. The minimum absolute atomic E-state index is 0.704. The zero-order chi connectivity index (χ0) is 14.4. The number of nitrogens with zero attached hydrogens (tertiary/aromatic N) is 1. The van der Waals surface area contributed by atoms with Crippen molar-refractivity contribution in [3.8, 4) is 5.75 Å². The van der Waals surface area contributed by atoms with Crippen molar-refractivity contribution >= 4 is 0 Å². The highest BCUT2D eigenvalue weighted by atomic mass is 16.5. The van der Waals surface area contributed by atoms with Crippen LogP contribution in [0.3, 0.4) is 0 Å². The standard InChI is InChI=1S/C17H28N2O/c1-14(2)12-19(16-7-9-18-10-8-16)13-15-5-4-6-17(11-15)20-3/h4-6,11,14,16,18H,7-10,12-13H2,1-3H3. The minimum Gasteiger partial charge on any atom is -0.497 e. The average Bonchev–Trinajstić information content (AvgIpc) is 2.47. The fourth-order valence-corrected chi connectivity index (χ4v) is 2.99. The lowest BCUT2D eigenvalue weighted by Crippen LogP contribution is -2.44. The fourth-order valence-electron chi connectivity index (χ4n) is 2.99. The van der Waals surface area contributed by atoms with Gasteiger partial charge in [0.25, 0.3) is 0 Å². The van der Waals surface area contributed by atoms with Crippen molar-refractivity contribution in [1.29, 1.82) is 0 Å². The molecular formula is C17H28N2O. The van der Waals surface area contributed by atoms with Gasteiger partial charge in [-0.15, -0.1) is 0 Å². The summed E-state index contributed by atoms with van der Waals surface area (Å²) in [4.78, 5) is 2.65. The maximum Gasteiger partial charge on any atom is 0.119 e. The molecule has 1 aromatic rings. The predicted octanol–water partition coefficient (Wildman–Crippen LogP) is 2.91. The Morgan fingerprint density at radius 1 is 1.30 bits per heavy atom. The Morgan fingerprint density at radius 3 is 2.70 bits per heavy atom. The molecule has 1 aromatic carbocycles. The van der Waals surface area contributed by atoms with E-state index in [1.165, 1.54) is 24.9 Å². The fraction of sp³-hybridized carbons (Fsp3) is 0.647. The highest BCUT2D eigenvalue weighted by Crippen LogP contribution is 2.20. The summed E-state index contributed by atoms with van der Waals surface area (Å²) in [6, 6.07) is 9.18. The summed E-state index contributed by atoms with van der Waals surface area (Å²) < 4.78 is 5.33. The summed E-state index contributed by atoms with van der Waals surface area (Å²) in [6.07, 6.45) is 2.52. The Bertz CT molecular complexity index is 400. The van der Waals surface area contributed by atoms with Crippen LogP contribution in [0.15, 0.2) is 24.3 Å². The molecule has 1 fully saturated rings. The number of benzene rings is 1. The lowest BCUT2D eigenvalue weighted by Gasteiger charge is -2.36. The molecule has 0 radical (unpaired) electrons. The van der Waals surface area contributed by atoms with Crippen LogP contribution in [-0.2, 0) is 6.54 Å². The first-order valence-electron chi connectivity index (χ1n) is 7.76. The van der Waals surface area contributed by atoms with Crippen molar-refractivity contribution in [2.45, 2.75) is 39.3 Å². The molecule has 1 aliphatic rings. The van der Waals surface area contributed by atoms with Gasteiger partial charge in [0.2, 0.25) is 0 Å². The van der Waals surface area contributed by atoms with E-state index in [1.807, 2.05) is 6.07 Å². The van der Waals surface area contributed by atoms with Crippen LogP contribution in [0.2, 0.25) is 0 Å². The summed E-state index contributed by atoms with van der Waals surface area (Å²) in [5.74, 6) is 1.66. The third-order valence-corrected chi connectivity index (χ3v) is 3.94. The first-order valence-corrected chi connectivity index (χ1v) is 7.76. The first kappa shape index (κ1) is 15.3. The lowest BCUT2D eigenvalue weighted by atomic mass is 10.0. The molecule has 0 spiro atoms. The number of nitrogens with one attached hydrogen (secondary N) is 1. The summed E-state index contributed by atoms with van der Waals surface area (Å²) in [5, 5.41) is 3.46. The zero-order valence-electron chi connectivity index (χ0n) is 13.1. The molecule has 1 saturated heterocycles. The van der Waals surface area contributed by atoms with Gasteiger partial charge in [-0.3, -0.25) is 4.90 Å². The van der Waals surface area contributed by atoms with Crippen LogP contribution in [0.25, 0.3) is 0 Å². The molecule has 20 heavy (non-hydrogen) atoms. The van der Waals surface area contributed by atoms with Gasteiger partial charge in [-0.2, -0.15) is 0 Å². The Labute approximate surface area is 123 Å². The molecule has 1 heterocycles. The average molecular weight is 276 g/mol. The molecule has 1 N–H and O–H groups in total. The molecule has 0 saturated carbocycles. The molecule has 0 atom stereocenters. The second kappa shape index (κ2) is 7.65. The van der Waals surface area contributed by atoms with Crippen molar-refractivity contribution in [3.05, 3.63) is 29.8 Å². The smallest absolute Gasteiger partial charge is 0.119 e. The topological polar surface area (TPSA) is 24.5 Å². The number of hydrogen-bond acceptors (Lipinski definition) is 3. The van der Waals surface area contributed by atoms with Gasteiger partial charge < -0.3 is 10.1 Å². The highest BCUT2D eigenvalue weighted by molar-refractivity contribution is 5.28. The Morgan fingerprint density at radius 2 is 2.05 bits per heavy atom. The zero-order valence-corrected chi connectivity index (χ0v) is 13.1. The van der Waals surface area contributed by atoms with Gasteiger partial charge in [0.05, 0.1) is 7.11 Å². The number of hydrogen-bond donors (Lipinski definition) is 1. The van der Waals surface area contributed by atoms with E-state index in [1.54, 1.807) is 7.11 Å². The van der Waals surface area contributed by atoms with Crippen LogP contribution in [0.4, 0.5) is 0 Å². The van der Waals surface area contributed by atoms with Gasteiger partial charge in [0.15, 0.2) is 0 Å². The molecule has 0 aliphatic carbocycles. The highest BCUT2D eigenvalue weighted by Gasteiger charge is 2.21. The molecule has 0 bridgehead atoms. The summed E-state index contributed by atoms with van der Waals surface area (Å²) in [7, 11) is 1.73. The van der Waals surface area contributed by atoms with E-state index in [0.717, 1.165) is 25.4 Å². The maximum atomic E-state index is 5.33. The van der Waals surface area contributed by atoms with Gasteiger partial charge >= 0.3 is 0 Å². The predicted molar refractivity (Wildman–Crippen MR) is 84.1 cm³/mol. The molecule has 3 heteroatoms. The monoisotopic (exact) mass is 276 g/mol. The number of rotatable bonds is 6. The van der Waals surface area contributed by atoms with Crippen molar-refractivity contribution in [2.75, 3.05) is 26.7 Å². The molecule has 112 valence electrons. The molecule has 0 amide bonds. The van der Waals surface area contributed by atoms with E-state index >= 15 is 0 Å². The summed E-state index contributed by atoms with van der Waals surface area (Å²) >= 11 is 0. The van der Waals surface area contributed by atoms with Crippen molar-refractivity contribution in [2.24, 2.45) is 5.92 Å². The molecular weight excluding hydrogens is 248 g/mol. The van der Waals surface area contributed by atoms with Crippen molar-refractivity contribution in [3.63, 3.8) is 0 Å². The first-order chi connectivity index (χ1) is 9.69. The maximum absolute atomic E-state index is 5.33. The number of methoxy groups -OCH3 is 1. The Kier molecular flexibility index (Phi) is 5.86. The van der Waals surface area contributed by atoms with Crippen LogP contribution >= 0.6 is 0 Å². The normalized spacial score (nSPS) is 16.9. The van der Waals surface area contributed by atoms with Gasteiger partial charge in [0.1, 0.15) is 5.75 Å². The Hall–Kier alpha value is -1.06. The van der Waals surface area contributed by atoms with E-state index in [0.29, 0.717) is 12.0 Å². The van der Waals surface area contributed by atoms with Gasteiger partial charge in [-0.1, -0.05) is 26.0 Å². The third kappa shape index (κ3) is 4.50.